The van der Waals surface area contributed by atoms with Crippen LogP contribution in [-0.2, 0) is 5.54 Å². The molecule has 3 rings (SSSR count). The highest BCUT2D eigenvalue weighted by molar-refractivity contribution is 5.97. The summed E-state index contributed by atoms with van der Waals surface area (Å²) < 4.78 is 5.31. The lowest BCUT2D eigenvalue weighted by Gasteiger charge is -2.18. The van der Waals surface area contributed by atoms with Crippen LogP contribution in [0.2, 0.25) is 0 Å². The number of amides is 1. The predicted octanol–water partition coefficient (Wildman–Crippen LogP) is 2.82. The molecule has 1 heterocycles. The molecule has 0 bridgehead atoms. The number of carbonyl (C=O) groups is 1. The normalized spacial score (nSPS) is 15.3. The molecular formula is C17H18N2O2. The van der Waals surface area contributed by atoms with Crippen LogP contribution in [0, 0.1) is 6.92 Å². The van der Waals surface area contributed by atoms with Crippen molar-refractivity contribution in [2.24, 2.45) is 0 Å². The van der Waals surface area contributed by atoms with Crippen LogP contribution in [0.1, 0.15) is 34.5 Å². The van der Waals surface area contributed by atoms with Crippen LogP contribution in [0.3, 0.4) is 0 Å². The molecule has 108 valence electrons. The number of hydrogen-bond donors (Lipinski definition) is 1. The number of aromatic nitrogens is 1. The molecule has 0 aliphatic heterocycles. The number of rotatable bonds is 4. The average Bonchev–Trinajstić information content (AvgIpc) is 3.28. The zero-order valence-electron chi connectivity index (χ0n) is 12.2. The zero-order chi connectivity index (χ0) is 14.9. The SMILES string of the molecule is COc1cc(C)ccc1C(=O)NC1(c2ccccn2)CC1. The van der Waals surface area contributed by atoms with Crippen molar-refractivity contribution in [2.45, 2.75) is 25.3 Å². The predicted molar refractivity (Wildman–Crippen MR) is 80.3 cm³/mol. The first kappa shape index (κ1) is 13.6. The molecule has 1 aromatic heterocycles. The van der Waals surface area contributed by atoms with E-state index in [1.807, 2.05) is 37.3 Å². The Balaban J connectivity index is 1.84. The van der Waals surface area contributed by atoms with Gasteiger partial charge in [0.1, 0.15) is 5.75 Å². The monoisotopic (exact) mass is 282 g/mol. The van der Waals surface area contributed by atoms with Crippen molar-refractivity contribution in [3.05, 3.63) is 59.4 Å². The lowest BCUT2D eigenvalue weighted by Crippen LogP contribution is -2.35. The fraction of sp³-hybridized carbons (Fsp3) is 0.294. The number of nitrogens with zero attached hydrogens (tertiary/aromatic N) is 1. The van der Waals surface area contributed by atoms with Crippen LogP contribution >= 0.6 is 0 Å². The third-order valence-corrected chi connectivity index (χ3v) is 3.86. The van der Waals surface area contributed by atoms with Crippen molar-refractivity contribution in [3.63, 3.8) is 0 Å². The molecule has 0 spiro atoms. The van der Waals surface area contributed by atoms with Crippen LogP contribution in [0.5, 0.6) is 5.75 Å². The maximum Gasteiger partial charge on any atom is 0.255 e. The Morgan fingerprint density at radius 3 is 2.71 bits per heavy atom. The van der Waals surface area contributed by atoms with Gasteiger partial charge in [-0.15, -0.1) is 0 Å². The summed E-state index contributed by atoms with van der Waals surface area (Å²) in [5.74, 6) is 0.485. The minimum absolute atomic E-state index is 0.116. The lowest BCUT2D eigenvalue weighted by molar-refractivity contribution is 0.0926. The van der Waals surface area contributed by atoms with Crippen molar-refractivity contribution in [1.29, 1.82) is 0 Å². The number of hydrogen-bond acceptors (Lipinski definition) is 3. The van der Waals surface area contributed by atoms with E-state index in [9.17, 15) is 4.79 Å². The summed E-state index contributed by atoms with van der Waals surface area (Å²) in [6.07, 6.45) is 3.60. The molecule has 21 heavy (non-hydrogen) atoms. The van der Waals surface area contributed by atoms with E-state index in [2.05, 4.69) is 10.3 Å². The van der Waals surface area contributed by atoms with Crippen molar-refractivity contribution < 1.29 is 9.53 Å². The molecule has 2 aromatic rings. The molecule has 1 aromatic carbocycles. The summed E-state index contributed by atoms with van der Waals surface area (Å²) in [5, 5.41) is 3.11. The highest BCUT2D eigenvalue weighted by Gasteiger charge is 2.47. The summed E-state index contributed by atoms with van der Waals surface area (Å²) in [7, 11) is 1.58. The molecule has 0 atom stereocenters. The van der Waals surface area contributed by atoms with E-state index in [4.69, 9.17) is 4.74 Å². The van der Waals surface area contributed by atoms with E-state index < -0.39 is 0 Å². The Morgan fingerprint density at radius 2 is 2.10 bits per heavy atom. The molecule has 1 fully saturated rings. The number of methoxy groups -OCH3 is 1. The van der Waals surface area contributed by atoms with Gasteiger partial charge in [0, 0.05) is 6.20 Å². The van der Waals surface area contributed by atoms with Gasteiger partial charge in [-0.1, -0.05) is 12.1 Å². The number of carbonyl (C=O) groups excluding carboxylic acids is 1. The van der Waals surface area contributed by atoms with Crippen LogP contribution < -0.4 is 10.1 Å². The molecule has 1 aliphatic rings. The van der Waals surface area contributed by atoms with Gasteiger partial charge in [-0.25, -0.2) is 0 Å². The van der Waals surface area contributed by atoms with E-state index >= 15 is 0 Å². The van der Waals surface area contributed by atoms with Crippen molar-refractivity contribution in [2.75, 3.05) is 7.11 Å². The molecule has 1 saturated carbocycles. The molecule has 1 aliphatic carbocycles. The van der Waals surface area contributed by atoms with E-state index in [-0.39, 0.29) is 11.4 Å². The Hall–Kier alpha value is -2.36. The second-order valence-corrected chi connectivity index (χ2v) is 5.45. The van der Waals surface area contributed by atoms with E-state index in [1.54, 1.807) is 19.4 Å². The van der Waals surface area contributed by atoms with Gasteiger partial charge >= 0.3 is 0 Å². The van der Waals surface area contributed by atoms with Gasteiger partial charge in [0.15, 0.2) is 0 Å². The van der Waals surface area contributed by atoms with E-state index in [1.165, 1.54) is 0 Å². The van der Waals surface area contributed by atoms with Crippen LogP contribution in [-0.4, -0.2) is 18.0 Å². The number of ether oxygens (including phenoxy) is 1. The Morgan fingerprint density at radius 1 is 1.29 bits per heavy atom. The molecule has 1 N–H and O–H groups in total. The standard InChI is InChI=1S/C17H18N2O2/c1-12-6-7-13(14(11-12)21-2)16(20)19-17(8-9-17)15-5-3-4-10-18-15/h3-7,10-11H,8-9H2,1-2H3,(H,19,20). The molecular weight excluding hydrogens is 264 g/mol. The van der Waals surface area contributed by atoms with E-state index in [0.29, 0.717) is 11.3 Å². The molecule has 0 saturated heterocycles. The number of nitrogens with one attached hydrogen (secondary N) is 1. The summed E-state index contributed by atoms with van der Waals surface area (Å²) in [6, 6.07) is 11.4. The largest absolute Gasteiger partial charge is 0.496 e. The molecule has 0 radical (unpaired) electrons. The zero-order valence-corrected chi connectivity index (χ0v) is 12.2. The van der Waals surface area contributed by atoms with Crippen molar-refractivity contribution in [1.82, 2.24) is 10.3 Å². The Kier molecular flexibility index (Phi) is 3.37. The van der Waals surface area contributed by atoms with Crippen molar-refractivity contribution in [3.8, 4) is 5.75 Å². The topological polar surface area (TPSA) is 51.2 Å². The maximum absolute atomic E-state index is 12.5. The second-order valence-electron chi connectivity index (χ2n) is 5.45. The van der Waals surface area contributed by atoms with Crippen LogP contribution in [0.15, 0.2) is 42.6 Å². The first-order valence-corrected chi connectivity index (χ1v) is 7.03. The molecule has 4 heteroatoms. The first-order chi connectivity index (χ1) is 10.1. The smallest absolute Gasteiger partial charge is 0.255 e. The molecule has 1 amide bonds. The number of aryl methyl sites for hydroxylation is 1. The molecule has 0 unspecified atom stereocenters. The summed E-state index contributed by atoms with van der Waals surface area (Å²) in [5.41, 5.74) is 2.23. The van der Waals surface area contributed by atoms with Crippen LogP contribution in [0.4, 0.5) is 0 Å². The Labute approximate surface area is 124 Å². The fourth-order valence-electron chi connectivity index (χ4n) is 2.49. The molecule has 4 nitrogen and oxygen atoms in total. The van der Waals surface area contributed by atoms with E-state index in [0.717, 1.165) is 24.1 Å². The summed E-state index contributed by atoms with van der Waals surface area (Å²) in [4.78, 5) is 16.9. The average molecular weight is 282 g/mol. The van der Waals surface area contributed by atoms with Gasteiger partial charge in [-0.05, 0) is 49.6 Å². The highest BCUT2D eigenvalue weighted by atomic mass is 16.5. The quantitative estimate of drug-likeness (QED) is 0.938. The van der Waals surface area contributed by atoms with Crippen molar-refractivity contribution >= 4 is 5.91 Å². The number of benzene rings is 1. The Bertz CT molecular complexity index is 664. The minimum atomic E-state index is -0.311. The second kappa shape index (κ2) is 5.20. The third-order valence-electron chi connectivity index (χ3n) is 3.86. The summed E-state index contributed by atoms with van der Waals surface area (Å²) >= 11 is 0. The fourth-order valence-corrected chi connectivity index (χ4v) is 2.49. The van der Waals surface area contributed by atoms with Gasteiger partial charge in [-0.3, -0.25) is 9.78 Å². The lowest BCUT2D eigenvalue weighted by atomic mass is 10.1. The first-order valence-electron chi connectivity index (χ1n) is 7.03. The van der Waals surface area contributed by atoms with Gasteiger partial charge in [0.25, 0.3) is 5.91 Å². The van der Waals surface area contributed by atoms with Gasteiger partial charge < -0.3 is 10.1 Å². The number of pyridine rings is 1. The summed E-state index contributed by atoms with van der Waals surface area (Å²) in [6.45, 7) is 1.97. The van der Waals surface area contributed by atoms with Gasteiger partial charge in [-0.2, -0.15) is 0 Å². The van der Waals surface area contributed by atoms with Gasteiger partial charge in [0.2, 0.25) is 0 Å². The maximum atomic E-state index is 12.5. The van der Waals surface area contributed by atoms with Gasteiger partial charge in [0.05, 0.1) is 23.9 Å². The van der Waals surface area contributed by atoms with Crippen LogP contribution in [0.25, 0.3) is 0 Å². The third kappa shape index (κ3) is 2.61. The minimum Gasteiger partial charge on any atom is -0.496 e. The highest BCUT2D eigenvalue weighted by Crippen LogP contribution is 2.44.